The van der Waals surface area contributed by atoms with E-state index >= 15 is 0 Å². The van der Waals surface area contributed by atoms with Crippen LogP contribution in [0.2, 0.25) is 0 Å². The second-order valence-corrected chi connectivity index (χ2v) is 3.36. The average Bonchev–Trinajstić information content (AvgIpc) is 2.26. The average molecular weight is 194 g/mol. The van der Waals surface area contributed by atoms with Crippen LogP contribution in [0.15, 0.2) is 24.3 Å². The maximum Gasteiger partial charge on any atom is 0.120 e. The number of hydrogen-bond donors (Lipinski definition) is 1. The molecule has 0 fully saturated rings. The molecule has 0 aromatic heterocycles. The van der Waals surface area contributed by atoms with Gasteiger partial charge in [0, 0.05) is 0 Å². The van der Waals surface area contributed by atoms with E-state index in [0.717, 1.165) is 24.2 Å². The Labute approximate surface area is 85.5 Å². The van der Waals surface area contributed by atoms with Gasteiger partial charge in [0.15, 0.2) is 0 Å². The molecule has 2 heteroatoms. The van der Waals surface area contributed by atoms with Crippen LogP contribution in [0.3, 0.4) is 0 Å². The van der Waals surface area contributed by atoms with Crippen LogP contribution < -0.4 is 4.74 Å². The Balaban J connectivity index is 2.65. The van der Waals surface area contributed by atoms with E-state index in [9.17, 15) is 0 Å². The zero-order chi connectivity index (χ0) is 10.4. The fourth-order valence-corrected chi connectivity index (χ4v) is 1.36. The number of benzene rings is 1. The first-order chi connectivity index (χ1) is 6.80. The highest BCUT2D eigenvalue weighted by atomic mass is 16.5. The maximum atomic E-state index is 8.95. The summed E-state index contributed by atoms with van der Waals surface area (Å²) in [6.45, 7) is 4.30. The van der Waals surface area contributed by atoms with Gasteiger partial charge < -0.3 is 9.84 Å². The van der Waals surface area contributed by atoms with E-state index in [0.29, 0.717) is 0 Å². The van der Waals surface area contributed by atoms with Gasteiger partial charge in [0.25, 0.3) is 0 Å². The lowest BCUT2D eigenvalue weighted by Crippen LogP contribution is -2.13. The predicted molar refractivity (Wildman–Crippen MR) is 57.4 cm³/mol. The van der Waals surface area contributed by atoms with Crippen molar-refractivity contribution in [2.45, 2.75) is 39.4 Å². The van der Waals surface area contributed by atoms with Crippen molar-refractivity contribution in [3.8, 4) is 5.75 Å². The van der Waals surface area contributed by atoms with E-state index in [1.807, 2.05) is 24.3 Å². The molecule has 0 atom stereocenters. The minimum Gasteiger partial charge on any atom is -0.490 e. The Kier molecular flexibility index (Phi) is 4.47. The second-order valence-electron chi connectivity index (χ2n) is 3.36. The van der Waals surface area contributed by atoms with E-state index in [4.69, 9.17) is 9.84 Å². The lowest BCUT2D eigenvalue weighted by molar-refractivity contribution is 0.192. The third-order valence-electron chi connectivity index (χ3n) is 2.29. The molecule has 2 nitrogen and oxygen atoms in total. The van der Waals surface area contributed by atoms with Gasteiger partial charge in [-0.1, -0.05) is 26.0 Å². The molecule has 78 valence electrons. The summed E-state index contributed by atoms with van der Waals surface area (Å²) in [5, 5.41) is 8.95. The van der Waals surface area contributed by atoms with Crippen molar-refractivity contribution < 1.29 is 9.84 Å². The number of ether oxygens (including phenoxy) is 1. The van der Waals surface area contributed by atoms with E-state index in [-0.39, 0.29) is 12.7 Å². The minimum absolute atomic E-state index is 0.0696. The monoisotopic (exact) mass is 194 g/mol. The second kappa shape index (κ2) is 5.66. The molecule has 0 saturated carbocycles. The zero-order valence-electron chi connectivity index (χ0n) is 8.86. The first-order valence-electron chi connectivity index (χ1n) is 5.16. The fourth-order valence-electron chi connectivity index (χ4n) is 1.36. The highest BCUT2D eigenvalue weighted by Gasteiger charge is 2.04. The summed E-state index contributed by atoms with van der Waals surface area (Å²) in [5.74, 6) is 0.852. The van der Waals surface area contributed by atoms with E-state index in [1.54, 1.807) is 0 Å². The van der Waals surface area contributed by atoms with Crippen molar-refractivity contribution in [2.75, 3.05) is 0 Å². The molecule has 0 heterocycles. The van der Waals surface area contributed by atoms with Crippen LogP contribution in [0, 0.1) is 0 Å². The van der Waals surface area contributed by atoms with E-state index < -0.39 is 0 Å². The maximum absolute atomic E-state index is 8.95. The Hall–Kier alpha value is -1.02. The number of aliphatic hydroxyl groups excluding tert-OH is 1. The summed E-state index contributed by atoms with van der Waals surface area (Å²) in [7, 11) is 0. The SMILES string of the molecule is CCC(CC)Oc1cccc(CO)c1. The van der Waals surface area contributed by atoms with Gasteiger partial charge in [0.05, 0.1) is 12.7 Å². The van der Waals surface area contributed by atoms with Gasteiger partial charge in [-0.2, -0.15) is 0 Å². The molecule has 1 aromatic rings. The van der Waals surface area contributed by atoms with Crippen LogP contribution in [-0.4, -0.2) is 11.2 Å². The standard InChI is InChI=1S/C12H18O2/c1-3-11(4-2)14-12-7-5-6-10(8-12)9-13/h5-8,11,13H,3-4,9H2,1-2H3. The summed E-state index contributed by atoms with van der Waals surface area (Å²) in [6, 6.07) is 7.61. The predicted octanol–water partition coefficient (Wildman–Crippen LogP) is 2.75. The van der Waals surface area contributed by atoms with Crippen molar-refractivity contribution in [3.05, 3.63) is 29.8 Å². The van der Waals surface area contributed by atoms with E-state index in [1.165, 1.54) is 0 Å². The van der Waals surface area contributed by atoms with Crippen molar-refractivity contribution in [3.63, 3.8) is 0 Å². The highest BCUT2D eigenvalue weighted by molar-refractivity contribution is 5.28. The van der Waals surface area contributed by atoms with Crippen LogP contribution >= 0.6 is 0 Å². The number of hydrogen-bond acceptors (Lipinski definition) is 2. The summed E-state index contributed by atoms with van der Waals surface area (Å²) in [6.07, 6.45) is 2.31. The van der Waals surface area contributed by atoms with Crippen LogP contribution in [-0.2, 0) is 6.61 Å². The van der Waals surface area contributed by atoms with Crippen molar-refractivity contribution in [2.24, 2.45) is 0 Å². The smallest absolute Gasteiger partial charge is 0.120 e. The normalized spacial score (nSPS) is 10.6. The number of aliphatic hydroxyl groups is 1. The number of rotatable bonds is 5. The molecule has 1 N–H and O–H groups in total. The van der Waals surface area contributed by atoms with Crippen LogP contribution in [0.5, 0.6) is 5.75 Å². The Morgan fingerprint density at radius 1 is 1.29 bits per heavy atom. The van der Waals surface area contributed by atoms with Gasteiger partial charge in [0.2, 0.25) is 0 Å². The van der Waals surface area contributed by atoms with Crippen molar-refractivity contribution in [1.82, 2.24) is 0 Å². The summed E-state index contributed by atoms with van der Waals surface area (Å²) in [5.41, 5.74) is 0.897. The Morgan fingerprint density at radius 2 is 2.00 bits per heavy atom. The van der Waals surface area contributed by atoms with Crippen LogP contribution in [0.1, 0.15) is 32.3 Å². The van der Waals surface area contributed by atoms with E-state index in [2.05, 4.69) is 13.8 Å². The molecule has 0 saturated heterocycles. The first-order valence-corrected chi connectivity index (χ1v) is 5.16. The lowest BCUT2D eigenvalue weighted by atomic mass is 10.2. The molecule has 0 aliphatic carbocycles. The van der Waals surface area contributed by atoms with Crippen molar-refractivity contribution >= 4 is 0 Å². The highest BCUT2D eigenvalue weighted by Crippen LogP contribution is 2.16. The summed E-state index contributed by atoms with van der Waals surface area (Å²) < 4.78 is 5.74. The fraction of sp³-hybridized carbons (Fsp3) is 0.500. The molecule has 0 unspecified atom stereocenters. The molecular formula is C12H18O2. The first kappa shape index (κ1) is 11.1. The van der Waals surface area contributed by atoms with Gasteiger partial charge in [0.1, 0.15) is 5.75 Å². The lowest BCUT2D eigenvalue weighted by Gasteiger charge is -2.15. The molecule has 0 aliphatic rings. The minimum atomic E-state index is 0.0696. The molecule has 0 spiro atoms. The third kappa shape index (κ3) is 3.04. The molecule has 0 amide bonds. The van der Waals surface area contributed by atoms with Gasteiger partial charge in [-0.15, -0.1) is 0 Å². The molecule has 0 bridgehead atoms. The molecular weight excluding hydrogens is 176 g/mol. The zero-order valence-corrected chi connectivity index (χ0v) is 8.86. The topological polar surface area (TPSA) is 29.5 Å². The Morgan fingerprint density at radius 3 is 2.57 bits per heavy atom. The molecule has 1 rings (SSSR count). The molecule has 0 radical (unpaired) electrons. The van der Waals surface area contributed by atoms with Crippen LogP contribution in [0.25, 0.3) is 0 Å². The molecule has 1 aromatic carbocycles. The summed E-state index contributed by atoms with van der Waals surface area (Å²) >= 11 is 0. The summed E-state index contributed by atoms with van der Waals surface area (Å²) in [4.78, 5) is 0. The van der Waals surface area contributed by atoms with Gasteiger partial charge in [-0.3, -0.25) is 0 Å². The van der Waals surface area contributed by atoms with Gasteiger partial charge >= 0.3 is 0 Å². The third-order valence-corrected chi connectivity index (χ3v) is 2.29. The molecule has 14 heavy (non-hydrogen) atoms. The largest absolute Gasteiger partial charge is 0.490 e. The van der Waals surface area contributed by atoms with Crippen LogP contribution in [0.4, 0.5) is 0 Å². The van der Waals surface area contributed by atoms with Crippen molar-refractivity contribution in [1.29, 1.82) is 0 Å². The van der Waals surface area contributed by atoms with Gasteiger partial charge in [-0.05, 0) is 30.5 Å². The quantitative estimate of drug-likeness (QED) is 0.781. The Bertz CT molecular complexity index is 267. The molecule has 0 aliphatic heterocycles. The van der Waals surface area contributed by atoms with Gasteiger partial charge in [-0.25, -0.2) is 0 Å².